The van der Waals surface area contributed by atoms with Crippen molar-refractivity contribution in [2.75, 3.05) is 19.7 Å². The number of morpholine rings is 1. The second-order valence-corrected chi connectivity index (χ2v) is 5.89. The van der Waals surface area contributed by atoms with Crippen LogP contribution in [0.2, 0.25) is 0 Å². The zero-order chi connectivity index (χ0) is 14.7. The summed E-state index contributed by atoms with van der Waals surface area (Å²) in [6.07, 6.45) is 2.66. The molecule has 1 N–H and O–H groups in total. The van der Waals surface area contributed by atoms with Crippen molar-refractivity contribution in [2.24, 2.45) is 0 Å². The van der Waals surface area contributed by atoms with Crippen LogP contribution in [-0.2, 0) is 16.1 Å². The third kappa shape index (κ3) is 3.52. The Morgan fingerprint density at radius 1 is 1.33 bits per heavy atom. The first kappa shape index (κ1) is 14.3. The molecule has 3 fully saturated rings. The van der Waals surface area contributed by atoms with Crippen molar-refractivity contribution < 1.29 is 9.53 Å². The molecule has 21 heavy (non-hydrogen) atoms. The highest BCUT2D eigenvalue weighted by Crippen LogP contribution is 2.26. The molecule has 4 nitrogen and oxygen atoms in total. The van der Waals surface area contributed by atoms with E-state index in [9.17, 15) is 4.79 Å². The molecule has 3 aliphatic heterocycles. The van der Waals surface area contributed by atoms with Crippen LogP contribution in [0.25, 0.3) is 0 Å². The maximum Gasteiger partial charge on any atom is 0.248 e. The molecule has 112 valence electrons. The fourth-order valence-corrected chi connectivity index (χ4v) is 3.05. The fraction of sp³-hybridized carbons (Fsp3) is 0.471. The molecule has 0 aliphatic carbocycles. The predicted molar refractivity (Wildman–Crippen MR) is 81.8 cm³/mol. The molecule has 0 radical (unpaired) electrons. The summed E-state index contributed by atoms with van der Waals surface area (Å²) < 4.78 is 5.68. The maximum absolute atomic E-state index is 12.1. The molecule has 0 saturated carbocycles. The first-order chi connectivity index (χ1) is 10.2. The van der Waals surface area contributed by atoms with Crippen LogP contribution in [0.1, 0.15) is 18.4 Å². The van der Waals surface area contributed by atoms with E-state index in [1.54, 1.807) is 0 Å². The Labute approximate surface area is 125 Å². The van der Waals surface area contributed by atoms with E-state index < -0.39 is 0 Å². The standard InChI is InChI=1S/C17H22N2O2/c1-13(10-19-11-16-8-7-15(19)12-21-16)17(20)18-9-14-5-3-2-4-6-14/h2-6,15-16H,1,7-12H2,(H,18,20). The van der Waals surface area contributed by atoms with Gasteiger partial charge in [-0.25, -0.2) is 0 Å². The van der Waals surface area contributed by atoms with Crippen LogP contribution in [0.3, 0.4) is 0 Å². The number of carbonyl (C=O) groups excluding carboxylic acids is 1. The van der Waals surface area contributed by atoms with Gasteiger partial charge in [0.1, 0.15) is 0 Å². The SMILES string of the molecule is C=C(CN1CC2CCC1CO2)C(=O)NCc1ccccc1. The van der Waals surface area contributed by atoms with E-state index >= 15 is 0 Å². The van der Waals surface area contributed by atoms with Crippen LogP contribution < -0.4 is 5.32 Å². The molecule has 3 aliphatic rings. The summed E-state index contributed by atoms with van der Waals surface area (Å²) in [5.74, 6) is -0.0544. The second-order valence-electron chi connectivity index (χ2n) is 5.89. The average Bonchev–Trinajstić information content (AvgIpc) is 2.54. The molecule has 1 aromatic carbocycles. The van der Waals surface area contributed by atoms with Gasteiger partial charge < -0.3 is 10.1 Å². The Morgan fingerprint density at radius 3 is 2.76 bits per heavy atom. The zero-order valence-corrected chi connectivity index (χ0v) is 12.3. The minimum atomic E-state index is -0.0544. The van der Waals surface area contributed by atoms with Crippen molar-refractivity contribution in [1.82, 2.24) is 10.2 Å². The molecule has 4 rings (SSSR count). The highest BCUT2D eigenvalue weighted by atomic mass is 16.5. The summed E-state index contributed by atoms with van der Waals surface area (Å²) in [5, 5.41) is 2.94. The van der Waals surface area contributed by atoms with Gasteiger partial charge in [-0.05, 0) is 18.4 Å². The highest BCUT2D eigenvalue weighted by molar-refractivity contribution is 5.93. The normalized spacial score (nSPS) is 24.8. The minimum absolute atomic E-state index is 0.0544. The van der Waals surface area contributed by atoms with Gasteiger partial charge in [0.05, 0.1) is 12.7 Å². The molecule has 1 aromatic rings. The number of ether oxygens (including phenoxy) is 1. The molecule has 2 atom stereocenters. The van der Waals surface area contributed by atoms with Crippen molar-refractivity contribution in [1.29, 1.82) is 0 Å². The minimum Gasteiger partial charge on any atom is -0.375 e. The quantitative estimate of drug-likeness (QED) is 0.838. The van der Waals surface area contributed by atoms with Gasteiger partial charge in [0, 0.05) is 31.2 Å². The van der Waals surface area contributed by atoms with Gasteiger partial charge in [-0.15, -0.1) is 0 Å². The van der Waals surface area contributed by atoms with E-state index in [4.69, 9.17) is 4.74 Å². The molecule has 3 heterocycles. The van der Waals surface area contributed by atoms with Crippen LogP contribution in [0.15, 0.2) is 42.5 Å². The molecular formula is C17H22N2O2. The molecule has 2 bridgehead atoms. The number of carbonyl (C=O) groups is 1. The van der Waals surface area contributed by atoms with Gasteiger partial charge in [0.2, 0.25) is 5.91 Å². The Bertz CT molecular complexity index is 507. The third-order valence-corrected chi connectivity index (χ3v) is 4.31. The van der Waals surface area contributed by atoms with Gasteiger partial charge in [-0.2, -0.15) is 0 Å². The second kappa shape index (κ2) is 6.41. The topological polar surface area (TPSA) is 41.6 Å². The number of fused-ring (bicyclic) bond motifs is 3. The van der Waals surface area contributed by atoms with Crippen molar-refractivity contribution in [3.63, 3.8) is 0 Å². The first-order valence-electron chi connectivity index (χ1n) is 7.58. The Morgan fingerprint density at radius 2 is 2.14 bits per heavy atom. The van der Waals surface area contributed by atoms with Crippen LogP contribution in [-0.4, -0.2) is 42.6 Å². The monoisotopic (exact) mass is 286 g/mol. The van der Waals surface area contributed by atoms with E-state index in [1.165, 1.54) is 6.42 Å². The molecule has 0 aromatic heterocycles. The summed E-state index contributed by atoms with van der Waals surface area (Å²) in [4.78, 5) is 14.5. The van der Waals surface area contributed by atoms with Crippen molar-refractivity contribution in [2.45, 2.75) is 31.5 Å². The molecule has 1 amide bonds. The van der Waals surface area contributed by atoms with Crippen molar-refractivity contribution >= 4 is 5.91 Å². The largest absolute Gasteiger partial charge is 0.375 e. The Hall–Kier alpha value is -1.65. The van der Waals surface area contributed by atoms with E-state index in [0.717, 1.165) is 25.1 Å². The number of benzene rings is 1. The van der Waals surface area contributed by atoms with Crippen LogP contribution in [0.5, 0.6) is 0 Å². The summed E-state index contributed by atoms with van der Waals surface area (Å²) in [6, 6.07) is 10.4. The van der Waals surface area contributed by atoms with E-state index in [0.29, 0.717) is 30.8 Å². The molecule has 2 unspecified atom stereocenters. The number of nitrogens with one attached hydrogen (secondary N) is 1. The lowest BCUT2D eigenvalue weighted by Crippen LogP contribution is -2.55. The maximum atomic E-state index is 12.1. The van der Waals surface area contributed by atoms with E-state index in [-0.39, 0.29) is 5.91 Å². The predicted octanol–water partition coefficient (Wildman–Crippen LogP) is 1.72. The van der Waals surface area contributed by atoms with Gasteiger partial charge in [0.15, 0.2) is 0 Å². The molecule has 0 spiro atoms. The Kier molecular flexibility index (Phi) is 4.36. The smallest absolute Gasteiger partial charge is 0.248 e. The van der Waals surface area contributed by atoms with E-state index in [2.05, 4.69) is 16.8 Å². The number of nitrogens with zero attached hydrogens (tertiary/aromatic N) is 1. The number of hydrogen-bond acceptors (Lipinski definition) is 3. The summed E-state index contributed by atoms with van der Waals surface area (Å²) in [6.45, 7) is 6.86. The third-order valence-electron chi connectivity index (χ3n) is 4.31. The summed E-state index contributed by atoms with van der Waals surface area (Å²) in [7, 11) is 0. The van der Waals surface area contributed by atoms with Gasteiger partial charge >= 0.3 is 0 Å². The molecule has 4 heteroatoms. The van der Waals surface area contributed by atoms with Gasteiger partial charge in [-0.1, -0.05) is 36.9 Å². The lowest BCUT2D eigenvalue weighted by molar-refractivity contribution is -0.120. The van der Waals surface area contributed by atoms with Crippen molar-refractivity contribution in [3.05, 3.63) is 48.0 Å². The van der Waals surface area contributed by atoms with Gasteiger partial charge in [-0.3, -0.25) is 9.69 Å². The molecule has 3 saturated heterocycles. The number of rotatable bonds is 5. The van der Waals surface area contributed by atoms with E-state index in [1.807, 2.05) is 30.3 Å². The zero-order valence-electron chi connectivity index (χ0n) is 12.3. The highest BCUT2D eigenvalue weighted by Gasteiger charge is 2.34. The number of amides is 1. The number of piperidine rings is 1. The van der Waals surface area contributed by atoms with Crippen LogP contribution in [0, 0.1) is 0 Å². The number of hydrogen-bond donors (Lipinski definition) is 1. The average molecular weight is 286 g/mol. The van der Waals surface area contributed by atoms with Crippen molar-refractivity contribution in [3.8, 4) is 0 Å². The first-order valence-corrected chi connectivity index (χ1v) is 7.58. The molecular weight excluding hydrogens is 264 g/mol. The van der Waals surface area contributed by atoms with Gasteiger partial charge in [0.25, 0.3) is 0 Å². The van der Waals surface area contributed by atoms with Crippen LogP contribution >= 0.6 is 0 Å². The summed E-state index contributed by atoms with van der Waals surface area (Å²) >= 11 is 0. The lowest BCUT2D eigenvalue weighted by atomic mass is 9.96. The fourth-order valence-electron chi connectivity index (χ4n) is 3.05. The lowest BCUT2D eigenvalue weighted by Gasteiger charge is -2.45. The Balaban J connectivity index is 1.48. The summed E-state index contributed by atoms with van der Waals surface area (Å²) in [5.41, 5.74) is 1.74. The van der Waals surface area contributed by atoms with Crippen LogP contribution in [0.4, 0.5) is 0 Å².